The molecule has 0 bridgehead atoms. The first kappa shape index (κ1) is 27.8. The molecule has 10 radical (unpaired) electrons. The van der Waals surface area contributed by atoms with E-state index in [1.807, 2.05) is 64.0 Å². The van der Waals surface area contributed by atoms with Gasteiger partial charge in [0.25, 0.3) is 0 Å². The number of hydrogen-bond acceptors (Lipinski definition) is 7. The fraction of sp³-hybridized carbons (Fsp3) is 0.333. The summed E-state index contributed by atoms with van der Waals surface area (Å²) < 4.78 is 11.5. The van der Waals surface area contributed by atoms with Gasteiger partial charge in [0, 0.05) is 12.5 Å². The van der Waals surface area contributed by atoms with Gasteiger partial charge in [0.2, 0.25) is 0 Å². The van der Waals surface area contributed by atoms with Crippen molar-refractivity contribution >= 4 is 23.8 Å². The van der Waals surface area contributed by atoms with Crippen LogP contribution in [0.4, 0.5) is 4.79 Å². The van der Waals surface area contributed by atoms with Crippen molar-refractivity contribution in [3.05, 3.63) is 75.6 Å². The summed E-state index contributed by atoms with van der Waals surface area (Å²) in [6.45, 7) is 0.578. The Kier molecular flexibility index (Phi) is 14.7. The van der Waals surface area contributed by atoms with Gasteiger partial charge in [-0.1, -0.05) is 5.21 Å². The molecule has 31 heavy (non-hydrogen) atoms. The van der Waals surface area contributed by atoms with Gasteiger partial charge in [-0.25, -0.2) is 9.59 Å². The second-order valence-corrected chi connectivity index (χ2v) is 7.23. The molecule has 0 aliphatic heterocycles. The third-order valence-corrected chi connectivity index (χ3v) is 4.60. The van der Waals surface area contributed by atoms with Gasteiger partial charge >= 0.3 is 29.1 Å². The molecule has 2 fully saturated rings. The van der Waals surface area contributed by atoms with Crippen LogP contribution < -0.4 is 5.32 Å². The zero-order valence-electron chi connectivity index (χ0n) is 17.4. The Bertz CT molecular complexity index is 629. The standard InChI is InChI=1S/C16H21N4O4S.C5H5.Fe/c1-23-15(21)14(7-8-25-2)17-16(22)24-11-13-10-20(19-18-13)9-12-5-3-4-6-12;1-2-4-5-3-1;/h3-6,10,14H,7-9,11H2,1-2H3,(H,17,22);1-5H;/q;;+2/t14-;;/m0../s1. The molecule has 0 spiro atoms. The first-order valence-corrected chi connectivity index (χ1v) is 10.8. The largest absolute Gasteiger partial charge is 2.00 e. The minimum absolute atomic E-state index is 0. The molecule has 0 unspecified atom stereocenters. The Morgan fingerprint density at radius 1 is 1.13 bits per heavy atom. The van der Waals surface area contributed by atoms with Crippen molar-refractivity contribution in [3.8, 4) is 0 Å². The fourth-order valence-electron chi connectivity index (χ4n) is 2.46. The monoisotopic (exact) mass is 486 g/mol. The van der Waals surface area contributed by atoms with Crippen LogP contribution in [0.3, 0.4) is 0 Å². The summed E-state index contributed by atoms with van der Waals surface area (Å²) in [4.78, 5) is 23.5. The number of carbonyl (C=O) groups excluding carboxylic acids is 2. The van der Waals surface area contributed by atoms with Crippen LogP contribution in [-0.2, 0) is 44.5 Å². The molecule has 166 valence electrons. The van der Waals surface area contributed by atoms with Crippen LogP contribution in [0, 0.1) is 63.7 Å². The van der Waals surface area contributed by atoms with Gasteiger partial charge in [-0.05, 0) is 76.2 Å². The fourth-order valence-corrected chi connectivity index (χ4v) is 2.93. The van der Waals surface area contributed by atoms with Crippen LogP contribution in [0.2, 0.25) is 0 Å². The molecule has 1 amide bonds. The van der Waals surface area contributed by atoms with E-state index in [1.54, 1.807) is 22.6 Å². The molecule has 0 saturated heterocycles. The van der Waals surface area contributed by atoms with Crippen LogP contribution in [0.1, 0.15) is 12.1 Å². The van der Waals surface area contributed by atoms with Crippen LogP contribution in [0.5, 0.6) is 0 Å². The summed E-state index contributed by atoms with van der Waals surface area (Å²) in [5.41, 5.74) is 0.528. The topological polar surface area (TPSA) is 95.3 Å². The minimum atomic E-state index is -0.724. The molecule has 0 aromatic carbocycles. The number of nitrogens with one attached hydrogen (secondary N) is 1. The van der Waals surface area contributed by atoms with Crippen LogP contribution >= 0.6 is 11.8 Å². The van der Waals surface area contributed by atoms with Crippen molar-refractivity contribution in [3.63, 3.8) is 0 Å². The van der Waals surface area contributed by atoms with Gasteiger partial charge < -0.3 is 14.8 Å². The summed E-state index contributed by atoms with van der Waals surface area (Å²) >= 11 is 1.58. The summed E-state index contributed by atoms with van der Waals surface area (Å²) in [6.07, 6.45) is 21.3. The molecule has 3 rings (SSSR count). The van der Waals surface area contributed by atoms with Gasteiger partial charge in [0.05, 0.1) is 13.3 Å². The zero-order chi connectivity index (χ0) is 21.6. The average Bonchev–Trinajstić information content (AvgIpc) is 3.54. The van der Waals surface area contributed by atoms with E-state index in [9.17, 15) is 9.59 Å². The molecular weight excluding hydrogens is 460 g/mol. The second kappa shape index (κ2) is 16.4. The number of thioether (sulfide) groups is 1. The van der Waals surface area contributed by atoms with Crippen LogP contribution in [0.25, 0.3) is 0 Å². The van der Waals surface area contributed by atoms with E-state index in [0.717, 1.165) is 11.7 Å². The smallest absolute Gasteiger partial charge is 0.467 e. The maximum Gasteiger partial charge on any atom is 2.00 e. The van der Waals surface area contributed by atoms with Crippen LogP contribution in [-0.4, -0.2) is 52.2 Å². The number of nitrogens with zero attached hydrogens (tertiary/aromatic N) is 3. The van der Waals surface area contributed by atoms with E-state index in [1.165, 1.54) is 7.11 Å². The zero-order valence-corrected chi connectivity index (χ0v) is 19.3. The first-order chi connectivity index (χ1) is 14.6. The molecule has 1 atom stereocenters. The molecule has 8 nitrogen and oxygen atoms in total. The molecule has 1 aromatic rings. The van der Waals surface area contributed by atoms with Crippen molar-refractivity contribution in [1.29, 1.82) is 0 Å². The Balaban J connectivity index is 0.000000701. The summed E-state index contributed by atoms with van der Waals surface area (Å²) in [5.74, 6) is 1.34. The van der Waals surface area contributed by atoms with Gasteiger partial charge in [-0.2, -0.15) is 11.8 Å². The van der Waals surface area contributed by atoms with E-state index in [4.69, 9.17) is 4.74 Å². The second-order valence-electron chi connectivity index (χ2n) is 6.24. The summed E-state index contributed by atoms with van der Waals surface area (Å²) in [7, 11) is 1.28. The Hall–Kier alpha value is -1.25. The SMILES string of the molecule is COC(=O)[C@H](CCSC)NC(=O)OCc1cn(C[C]2[CH][CH][CH][CH]2)nn1.[CH]1[CH][CH][CH][CH]1.[Fe+2]. The summed E-state index contributed by atoms with van der Waals surface area (Å²) in [5, 5.41) is 10.5. The number of hydrogen-bond donors (Lipinski definition) is 1. The predicted octanol–water partition coefficient (Wildman–Crippen LogP) is 2.22. The van der Waals surface area contributed by atoms with Crippen LogP contribution in [0.15, 0.2) is 6.20 Å². The Morgan fingerprint density at radius 2 is 1.77 bits per heavy atom. The normalized spacial score (nSPS) is 16.6. The Morgan fingerprint density at radius 3 is 2.35 bits per heavy atom. The van der Waals surface area contributed by atoms with Crippen molar-refractivity contribution in [2.45, 2.75) is 25.6 Å². The first-order valence-electron chi connectivity index (χ1n) is 9.38. The number of alkyl carbamates (subject to hydrolysis) is 1. The number of methoxy groups -OCH3 is 1. The molecule has 1 heterocycles. The maximum absolute atomic E-state index is 11.9. The average molecular weight is 486 g/mol. The summed E-state index contributed by atoms with van der Waals surface area (Å²) in [6, 6.07) is -0.724. The number of ether oxygens (including phenoxy) is 2. The third kappa shape index (κ3) is 11.3. The molecule has 2 saturated carbocycles. The quantitative estimate of drug-likeness (QED) is 0.423. The number of aromatic nitrogens is 3. The number of esters is 1. The van der Waals surface area contributed by atoms with Gasteiger partial charge in [0.1, 0.15) is 18.3 Å². The number of amides is 1. The van der Waals surface area contributed by atoms with Gasteiger partial charge in [-0.15, -0.1) is 5.10 Å². The predicted molar refractivity (Wildman–Crippen MR) is 114 cm³/mol. The molecule has 1 N–H and O–H groups in total. The third-order valence-electron chi connectivity index (χ3n) is 3.96. The minimum Gasteiger partial charge on any atom is -0.467 e. The molecule has 10 heteroatoms. The van der Waals surface area contributed by atoms with E-state index in [2.05, 4.69) is 20.4 Å². The van der Waals surface area contributed by atoms with E-state index < -0.39 is 18.1 Å². The van der Waals surface area contributed by atoms with E-state index in [-0.39, 0.29) is 23.7 Å². The van der Waals surface area contributed by atoms with E-state index in [0.29, 0.717) is 18.7 Å². The maximum atomic E-state index is 11.9. The molecule has 1 aromatic heterocycles. The molecule has 2 aliphatic carbocycles. The molecular formula is C21H26FeN4O4S+2. The number of carbonyl (C=O) groups is 2. The Labute approximate surface area is 200 Å². The van der Waals surface area contributed by atoms with Crippen molar-refractivity contribution in [2.24, 2.45) is 0 Å². The van der Waals surface area contributed by atoms with Crippen molar-refractivity contribution < 1.29 is 36.1 Å². The van der Waals surface area contributed by atoms with Gasteiger partial charge in [-0.3, -0.25) is 4.68 Å². The van der Waals surface area contributed by atoms with Crippen molar-refractivity contribution in [1.82, 2.24) is 20.3 Å². The molecule has 2 aliphatic rings. The van der Waals surface area contributed by atoms with Crippen molar-refractivity contribution in [2.75, 3.05) is 19.1 Å². The van der Waals surface area contributed by atoms with E-state index >= 15 is 0 Å². The number of rotatable bonds is 9. The van der Waals surface area contributed by atoms with Gasteiger partial charge in [0.15, 0.2) is 0 Å².